The Morgan fingerprint density at radius 3 is 2.48 bits per heavy atom. The number of amides is 1. The average Bonchev–Trinajstić information content (AvgIpc) is 2.34. The van der Waals surface area contributed by atoms with Gasteiger partial charge in [0.1, 0.15) is 5.15 Å². The van der Waals surface area contributed by atoms with Crippen molar-refractivity contribution in [2.45, 2.75) is 58.5 Å². The fourth-order valence-corrected chi connectivity index (χ4v) is 2.22. The molecular weight excluding hydrogens is 288 g/mol. The SMILES string of the molecule is CCCC(C)(O)CNC(=O)c1cc(Cl)nc(C(C)(C)C)c1. The molecule has 5 heteroatoms. The number of hydrogen-bond donors (Lipinski definition) is 2. The first kappa shape index (κ1) is 17.9. The quantitative estimate of drug-likeness (QED) is 0.820. The Morgan fingerprint density at radius 1 is 1.33 bits per heavy atom. The van der Waals surface area contributed by atoms with E-state index < -0.39 is 5.60 Å². The summed E-state index contributed by atoms with van der Waals surface area (Å²) in [4.78, 5) is 16.5. The number of aromatic nitrogens is 1. The molecule has 118 valence electrons. The van der Waals surface area contributed by atoms with E-state index in [-0.39, 0.29) is 17.9 Å². The average molecular weight is 313 g/mol. The molecule has 0 spiro atoms. The minimum atomic E-state index is -0.895. The molecule has 0 aliphatic rings. The van der Waals surface area contributed by atoms with Crippen LogP contribution < -0.4 is 5.32 Å². The molecule has 0 bridgehead atoms. The zero-order chi connectivity index (χ0) is 16.3. The lowest BCUT2D eigenvalue weighted by molar-refractivity contribution is 0.0469. The summed E-state index contributed by atoms with van der Waals surface area (Å²) in [6.07, 6.45) is 1.50. The molecule has 1 aromatic rings. The third-order valence-corrected chi connectivity index (χ3v) is 3.44. The third-order valence-electron chi connectivity index (χ3n) is 3.24. The summed E-state index contributed by atoms with van der Waals surface area (Å²) in [5.74, 6) is -0.249. The summed E-state index contributed by atoms with van der Waals surface area (Å²) >= 11 is 6.00. The molecule has 1 unspecified atom stereocenters. The van der Waals surface area contributed by atoms with E-state index in [4.69, 9.17) is 11.6 Å². The van der Waals surface area contributed by atoms with Crippen LogP contribution in [0.15, 0.2) is 12.1 Å². The van der Waals surface area contributed by atoms with Gasteiger partial charge in [0.25, 0.3) is 5.91 Å². The molecule has 0 radical (unpaired) electrons. The molecule has 1 aromatic heterocycles. The predicted octanol–water partition coefficient (Wildman–Crippen LogP) is 3.31. The second-order valence-corrected chi connectivity index (χ2v) is 7.13. The van der Waals surface area contributed by atoms with Crippen LogP contribution in [0.25, 0.3) is 0 Å². The number of halogens is 1. The fraction of sp³-hybridized carbons (Fsp3) is 0.625. The van der Waals surface area contributed by atoms with E-state index in [9.17, 15) is 9.90 Å². The van der Waals surface area contributed by atoms with Crippen molar-refractivity contribution in [1.82, 2.24) is 10.3 Å². The highest BCUT2D eigenvalue weighted by Crippen LogP contribution is 2.23. The molecule has 0 saturated heterocycles. The van der Waals surface area contributed by atoms with Crippen molar-refractivity contribution in [2.75, 3.05) is 6.54 Å². The smallest absolute Gasteiger partial charge is 0.251 e. The highest BCUT2D eigenvalue weighted by Gasteiger charge is 2.22. The van der Waals surface area contributed by atoms with Gasteiger partial charge in [0.15, 0.2) is 0 Å². The van der Waals surface area contributed by atoms with Gasteiger partial charge in [-0.25, -0.2) is 4.98 Å². The molecular formula is C16H25ClN2O2. The van der Waals surface area contributed by atoms with E-state index in [2.05, 4.69) is 10.3 Å². The Labute approximate surface area is 131 Å². The standard InChI is InChI=1S/C16H25ClN2O2/c1-6-7-16(5,21)10-18-14(20)11-8-12(15(2,3)4)19-13(17)9-11/h8-9,21H,6-7,10H2,1-5H3,(H,18,20). The minimum Gasteiger partial charge on any atom is -0.388 e. The molecule has 0 saturated carbocycles. The molecule has 0 aliphatic heterocycles. The number of aliphatic hydroxyl groups is 1. The maximum atomic E-state index is 12.2. The number of carbonyl (C=O) groups is 1. The number of pyridine rings is 1. The number of nitrogens with one attached hydrogen (secondary N) is 1. The van der Waals surface area contributed by atoms with E-state index in [0.29, 0.717) is 17.1 Å². The van der Waals surface area contributed by atoms with Crippen LogP contribution in [0.4, 0.5) is 0 Å². The van der Waals surface area contributed by atoms with Crippen LogP contribution in [-0.2, 0) is 5.41 Å². The van der Waals surface area contributed by atoms with E-state index in [1.807, 2.05) is 27.7 Å². The van der Waals surface area contributed by atoms with Crippen LogP contribution in [0.3, 0.4) is 0 Å². The maximum Gasteiger partial charge on any atom is 0.251 e. The molecule has 2 N–H and O–H groups in total. The molecule has 1 heterocycles. The van der Waals surface area contributed by atoms with Gasteiger partial charge in [-0.3, -0.25) is 4.79 Å². The second kappa shape index (κ2) is 6.75. The number of hydrogen-bond acceptors (Lipinski definition) is 3. The minimum absolute atomic E-state index is 0.187. The van der Waals surface area contributed by atoms with Crippen LogP contribution >= 0.6 is 11.6 Å². The summed E-state index contributed by atoms with van der Waals surface area (Å²) in [5, 5.41) is 13.1. The van der Waals surface area contributed by atoms with Crippen molar-refractivity contribution in [1.29, 1.82) is 0 Å². The van der Waals surface area contributed by atoms with Crippen LogP contribution in [-0.4, -0.2) is 28.1 Å². The van der Waals surface area contributed by atoms with Crippen molar-refractivity contribution >= 4 is 17.5 Å². The number of nitrogens with zero attached hydrogens (tertiary/aromatic N) is 1. The van der Waals surface area contributed by atoms with Gasteiger partial charge in [-0.1, -0.05) is 45.7 Å². The molecule has 1 amide bonds. The molecule has 21 heavy (non-hydrogen) atoms. The Hall–Kier alpha value is -1.13. The zero-order valence-corrected chi connectivity index (χ0v) is 14.2. The van der Waals surface area contributed by atoms with Gasteiger partial charge in [0, 0.05) is 23.2 Å². The first-order valence-corrected chi connectivity index (χ1v) is 7.61. The van der Waals surface area contributed by atoms with Gasteiger partial charge in [-0.15, -0.1) is 0 Å². The first-order valence-electron chi connectivity index (χ1n) is 7.24. The van der Waals surface area contributed by atoms with Crippen LogP contribution in [0, 0.1) is 0 Å². The molecule has 4 nitrogen and oxygen atoms in total. The molecule has 0 aliphatic carbocycles. The zero-order valence-electron chi connectivity index (χ0n) is 13.5. The number of carbonyl (C=O) groups excluding carboxylic acids is 1. The van der Waals surface area contributed by atoms with Gasteiger partial charge in [-0.05, 0) is 25.5 Å². The highest BCUT2D eigenvalue weighted by molar-refractivity contribution is 6.29. The predicted molar refractivity (Wildman–Crippen MR) is 85.8 cm³/mol. The monoisotopic (exact) mass is 312 g/mol. The molecule has 0 fully saturated rings. The van der Waals surface area contributed by atoms with E-state index >= 15 is 0 Å². The van der Waals surface area contributed by atoms with Gasteiger partial charge in [0.2, 0.25) is 0 Å². The number of rotatable bonds is 5. The van der Waals surface area contributed by atoms with Crippen LogP contribution in [0.1, 0.15) is 63.5 Å². The molecule has 0 aromatic carbocycles. The normalized spacial score (nSPS) is 14.6. The summed E-state index contributed by atoms with van der Waals surface area (Å²) in [6, 6.07) is 3.29. The molecule has 1 atom stereocenters. The first-order chi connectivity index (χ1) is 9.55. The van der Waals surface area contributed by atoms with Crippen LogP contribution in [0.5, 0.6) is 0 Å². The summed E-state index contributed by atoms with van der Waals surface area (Å²) in [6.45, 7) is 9.97. The van der Waals surface area contributed by atoms with Crippen molar-refractivity contribution in [3.8, 4) is 0 Å². The lowest BCUT2D eigenvalue weighted by Crippen LogP contribution is -2.40. The van der Waals surface area contributed by atoms with Gasteiger partial charge >= 0.3 is 0 Å². The fourth-order valence-electron chi connectivity index (χ4n) is 2.01. The Morgan fingerprint density at radius 2 is 1.95 bits per heavy atom. The van der Waals surface area contributed by atoms with Gasteiger partial charge in [-0.2, -0.15) is 0 Å². The maximum absolute atomic E-state index is 12.2. The highest BCUT2D eigenvalue weighted by atomic mass is 35.5. The summed E-state index contributed by atoms with van der Waals surface area (Å²) < 4.78 is 0. The van der Waals surface area contributed by atoms with Crippen molar-refractivity contribution in [2.24, 2.45) is 0 Å². The lowest BCUT2D eigenvalue weighted by Gasteiger charge is -2.23. The van der Waals surface area contributed by atoms with E-state index in [1.54, 1.807) is 19.1 Å². The topological polar surface area (TPSA) is 62.2 Å². The van der Waals surface area contributed by atoms with Crippen LogP contribution in [0.2, 0.25) is 5.15 Å². The van der Waals surface area contributed by atoms with Gasteiger partial charge in [0.05, 0.1) is 5.60 Å². The lowest BCUT2D eigenvalue weighted by atomic mass is 9.91. The van der Waals surface area contributed by atoms with Crippen molar-refractivity contribution < 1.29 is 9.90 Å². The third kappa shape index (κ3) is 5.64. The Kier molecular flexibility index (Phi) is 5.76. The van der Waals surface area contributed by atoms with Gasteiger partial charge < -0.3 is 10.4 Å². The summed E-state index contributed by atoms with van der Waals surface area (Å²) in [7, 11) is 0. The van der Waals surface area contributed by atoms with E-state index in [0.717, 1.165) is 12.1 Å². The Balaban J connectivity index is 2.86. The van der Waals surface area contributed by atoms with Crippen molar-refractivity contribution in [3.63, 3.8) is 0 Å². The van der Waals surface area contributed by atoms with Crippen molar-refractivity contribution in [3.05, 3.63) is 28.5 Å². The Bertz CT molecular complexity index is 507. The summed E-state index contributed by atoms with van der Waals surface area (Å²) in [5.41, 5.74) is 0.148. The largest absolute Gasteiger partial charge is 0.388 e. The molecule has 1 rings (SSSR count). The van der Waals surface area contributed by atoms with E-state index in [1.165, 1.54) is 0 Å². The second-order valence-electron chi connectivity index (χ2n) is 6.74.